The van der Waals surface area contributed by atoms with Gasteiger partial charge in [-0.05, 0) is 44.0 Å². The van der Waals surface area contributed by atoms with Crippen LogP contribution in [0.15, 0.2) is 17.0 Å². The Morgan fingerprint density at radius 1 is 1.33 bits per heavy atom. The lowest BCUT2D eigenvalue weighted by Gasteiger charge is -2.58. The topological polar surface area (TPSA) is 136 Å². The molecule has 4 N–H and O–H groups in total. The van der Waals surface area contributed by atoms with Gasteiger partial charge in [-0.15, -0.1) is 0 Å². The zero-order valence-corrected chi connectivity index (χ0v) is 16.9. The molecule has 27 heavy (non-hydrogen) atoms. The number of hydrogen-bond acceptors (Lipinski definition) is 5. The quantitative estimate of drug-likeness (QED) is 0.661. The number of carboxylic acid groups (broad SMARTS) is 1. The second kappa shape index (κ2) is 6.88. The Labute approximate surface area is 159 Å². The van der Waals surface area contributed by atoms with Crippen molar-refractivity contribution < 1.29 is 27.9 Å². The van der Waals surface area contributed by atoms with Crippen LogP contribution in [-0.4, -0.2) is 43.7 Å². The van der Waals surface area contributed by atoms with Crippen LogP contribution in [0.1, 0.15) is 48.7 Å². The molecule has 0 radical (unpaired) electrons. The summed E-state index contributed by atoms with van der Waals surface area (Å²) in [5.74, 6) is -1.83. The molecule has 1 aliphatic carbocycles. The zero-order chi connectivity index (χ0) is 20.8. The Hall–Kier alpha value is -1.97. The van der Waals surface area contributed by atoms with Gasteiger partial charge >= 0.3 is 5.97 Å². The molecule has 2 rings (SSSR count). The highest BCUT2D eigenvalue weighted by Crippen LogP contribution is 2.51. The Balaban J connectivity index is 2.42. The van der Waals surface area contributed by atoms with Gasteiger partial charge in [0, 0.05) is 24.0 Å². The van der Waals surface area contributed by atoms with E-state index in [9.17, 15) is 23.1 Å². The van der Waals surface area contributed by atoms with E-state index in [0.717, 1.165) is 0 Å². The molecule has 150 valence electrons. The molecule has 2 atom stereocenters. The lowest BCUT2D eigenvalue weighted by molar-refractivity contribution is -0.190. The Morgan fingerprint density at radius 2 is 1.93 bits per heavy atom. The van der Waals surface area contributed by atoms with Gasteiger partial charge in [-0.25, -0.2) is 18.4 Å². The van der Waals surface area contributed by atoms with Crippen molar-refractivity contribution in [2.45, 2.75) is 57.6 Å². The van der Waals surface area contributed by atoms with Crippen molar-refractivity contribution in [1.82, 2.24) is 5.32 Å². The average Bonchev–Trinajstić information content (AvgIpc) is 2.54. The number of carboxylic acids is 1. The summed E-state index contributed by atoms with van der Waals surface area (Å²) < 4.78 is 29.2. The van der Waals surface area contributed by atoms with Crippen molar-refractivity contribution in [3.63, 3.8) is 0 Å². The van der Waals surface area contributed by atoms with E-state index in [1.807, 2.05) is 6.92 Å². The minimum Gasteiger partial charge on any atom is -0.479 e. The summed E-state index contributed by atoms with van der Waals surface area (Å²) in [6.07, 6.45) is -0.180. The van der Waals surface area contributed by atoms with E-state index in [1.165, 1.54) is 12.1 Å². The van der Waals surface area contributed by atoms with E-state index in [4.69, 9.17) is 9.88 Å². The number of amides is 1. The molecule has 9 heteroatoms. The number of aliphatic carboxylic acids is 1. The summed E-state index contributed by atoms with van der Waals surface area (Å²) in [4.78, 5) is 24.6. The molecule has 1 aliphatic rings. The van der Waals surface area contributed by atoms with Crippen LogP contribution in [-0.2, 0) is 19.6 Å². The first kappa shape index (κ1) is 21.3. The maximum atomic E-state index is 12.8. The fourth-order valence-electron chi connectivity index (χ4n) is 3.56. The van der Waals surface area contributed by atoms with E-state index in [-0.39, 0.29) is 23.0 Å². The van der Waals surface area contributed by atoms with Crippen LogP contribution < -0.4 is 10.5 Å². The van der Waals surface area contributed by atoms with E-state index in [2.05, 4.69) is 5.32 Å². The van der Waals surface area contributed by atoms with Crippen molar-refractivity contribution in [3.05, 3.63) is 28.8 Å². The molecule has 0 aromatic heterocycles. The number of nitrogens with two attached hydrogens (primary N) is 1. The third-order valence-electron chi connectivity index (χ3n) is 5.64. The lowest BCUT2D eigenvalue weighted by atomic mass is 9.54. The van der Waals surface area contributed by atoms with Gasteiger partial charge in [-0.3, -0.25) is 4.79 Å². The summed E-state index contributed by atoms with van der Waals surface area (Å²) in [6.45, 7) is 8.96. The van der Waals surface area contributed by atoms with E-state index >= 15 is 0 Å². The van der Waals surface area contributed by atoms with Crippen molar-refractivity contribution in [1.29, 1.82) is 0 Å². The first-order valence-corrected chi connectivity index (χ1v) is 10.1. The Kier molecular flexibility index (Phi) is 5.44. The van der Waals surface area contributed by atoms with Gasteiger partial charge in [0.05, 0.1) is 11.0 Å². The van der Waals surface area contributed by atoms with Crippen molar-refractivity contribution in [3.8, 4) is 0 Å². The van der Waals surface area contributed by atoms with Gasteiger partial charge in [0.15, 0.2) is 0 Å². The number of primary sulfonamides is 1. The van der Waals surface area contributed by atoms with Crippen molar-refractivity contribution in [2.24, 2.45) is 10.6 Å². The first-order chi connectivity index (χ1) is 12.3. The monoisotopic (exact) mass is 398 g/mol. The summed E-state index contributed by atoms with van der Waals surface area (Å²) in [5, 5.41) is 17.6. The zero-order valence-electron chi connectivity index (χ0n) is 16.1. The number of carbonyl (C=O) groups excluding carboxylic acids is 1. The molecule has 1 aromatic rings. The number of sulfonamides is 1. The standard InChI is InChI=1S/C18H26N2O6S/c1-6-26-14-9-18(16(22)23,17(14,4)5)20-15(21)12-7-10(2)11(3)13(8-12)27(19,24)25/h7-8,14H,6,9H2,1-5H3,(H,20,21)(H,22,23)(H2,19,24,25). The van der Waals surface area contributed by atoms with Crippen LogP contribution in [0.4, 0.5) is 0 Å². The molecule has 1 aromatic carbocycles. The van der Waals surface area contributed by atoms with Gasteiger partial charge in [0.1, 0.15) is 5.54 Å². The molecule has 2 unspecified atom stereocenters. The summed E-state index contributed by atoms with van der Waals surface area (Å²) >= 11 is 0. The number of benzene rings is 1. The largest absolute Gasteiger partial charge is 0.479 e. The fraction of sp³-hybridized carbons (Fsp3) is 0.556. The smallest absolute Gasteiger partial charge is 0.330 e. The van der Waals surface area contributed by atoms with Crippen molar-refractivity contribution in [2.75, 3.05) is 6.61 Å². The average molecular weight is 398 g/mol. The summed E-state index contributed by atoms with van der Waals surface area (Å²) in [7, 11) is -4.02. The highest BCUT2D eigenvalue weighted by Gasteiger charge is 2.66. The molecular formula is C18H26N2O6S. The molecule has 0 bridgehead atoms. The molecule has 8 nitrogen and oxygen atoms in total. The normalized spacial score (nSPS) is 24.1. The lowest BCUT2D eigenvalue weighted by Crippen LogP contribution is -2.76. The van der Waals surface area contributed by atoms with Crippen LogP contribution in [0.25, 0.3) is 0 Å². The van der Waals surface area contributed by atoms with Crippen LogP contribution in [0.3, 0.4) is 0 Å². The number of nitrogens with one attached hydrogen (secondary N) is 1. The number of ether oxygens (including phenoxy) is 1. The molecule has 0 spiro atoms. The van der Waals surface area contributed by atoms with Gasteiger partial charge in [0.25, 0.3) is 5.91 Å². The number of carbonyl (C=O) groups is 2. The van der Waals surface area contributed by atoms with E-state index in [0.29, 0.717) is 17.7 Å². The maximum absolute atomic E-state index is 12.8. The predicted octanol–water partition coefficient (Wildman–Crippen LogP) is 1.34. The minimum atomic E-state index is -4.02. The van der Waals surface area contributed by atoms with E-state index in [1.54, 1.807) is 27.7 Å². The number of hydrogen-bond donors (Lipinski definition) is 3. The van der Waals surface area contributed by atoms with Gasteiger partial charge < -0.3 is 15.2 Å². The van der Waals surface area contributed by atoms with Crippen LogP contribution in [0.2, 0.25) is 0 Å². The van der Waals surface area contributed by atoms with Crippen LogP contribution in [0, 0.1) is 19.3 Å². The SMILES string of the molecule is CCOC1CC(NC(=O)c2cc(C)c(C)c(S(N)(=O)=O)c2)(C(=O)O)C1(C)C. The third kappa shape index (κ3) is 3.46. The Bertz CT molecular complexity index is 893. The van der Waals surface area contributed by atoms with Gasteiger partial charge in [-0.1, -0.05) is 13.8 Å². The molecular weight excluding hydrogens is 372 g/mol. The highest BCUT2D eigenvalue weighted by atomic mass is 32.2. The minimum absolute atomic E-state index is 0.0402. The molecule has 0 heterocycles. The van der Waals surface area contributed by atoms with Gasteiger partial charge in [0.2, 0.25) is 10.0 Å². The van der Waals surface area contributed by atoms with Crippen LogP contribution >= 0.6 is 0 Å². The number of rotatable bonds is 6. The van der Waals surface area contributed by atoms with Crippen LogP contribution in [0.5, 0.6) is 0 Å². The number of aryl methyl sites for hydroxylation is 1. The second-order valence-electron chi connectivity index (χ2n) is 7.50. The maximum Gasteiger partial charge on any atom is 0.330 e. The molecule has 1 amide bonds. The molecule has 0 saturated heterocycles. The molecule has 0 aliphatic heterocycles. The first-order valence-electron chi connectivity index (χ1n) is 8.59. The second-order valence-corrected chi connectivity index (χ2v) is 9.03. The summed E-state index contributed by atoms with van der Waals surface area (Å²) in [5.41, 5.74) is -1.30. The third-order valence-corrected chi connectivity index (χ3v) is 6.68. The van der Waals surface area contributed by atoms with E-state index < -0.39 is 32.9 Å². The predicted molar refractivity (Wildman–Crippen MR) is 98.9 cm³/mol. The summed E-state index contributed by atoms with van der Waals surface area (Å²) in [6, 6.07) is 2.69. The van der Waals surface area contributed by atoms with Gasteiger partial charge in [-0.2, -0.15) is 0 Å². The fourth-order valence-corrected chi connectivity index (χ4v) is 4.44. The highest BCUT2D eigenvalue weighted by molar-refractivity contribution is 7.89. The molecule has 1 saturated carbocycles. The van der Waals surface area contributed by atoms with Crippen molar-refractivity contribution >= 4 is 21.9 Å². The Morgan fingerprint density at radius 3 is 2.37 bits per heavy atom. The molecule has 1 fully saturated rings.